The number of nitrogens with two attached hydrogens (primary N) is 1. The van der Waals surface area contributed by atoms with Crippen molar-refractivity contribution in [1.82, 2.24) is 14.5 Å². The quantitative estimate of drug-likeness (QED) is 0.602. The minimum absolute atomic E-state index is 0.106. The number of aryl methyl sites for hydroxylation is 1. The molecule has 0 aliphatic carbocycles. The van der Waals surface area contributed by atoms with Crippen LogP contribution in [0.5, 0.6) is 0 Å². The summed E-state index contributed by atoms with van der Waals surface area (Å²) in [5, 5.41) is 19.6. The second-order valence-corrected chi connectivity index (χ2v) is 5.36. The maximum atomic E-state index is 12.1. The van der Waals surface area contributed by atoms with Gasteiger partial charge in [0.2, 0.25) is 5.91 Å². The van der Waals surface area contributed by atoms with Crippen molar-refractivity contribution >= 4 is 11.7 Å². The molecule has 1 aliphatic rings. The number of aliphatic hydroxyl groups is 2. The van der Waals surface area contributed by atoms with Crippen LogP contribution in [0.3, 0.4) is 0 Å². The van der Waals surface area contributed by atoms with E-state index in [1.165, 1.54) is 29.6 Å². The van der Waals surface area contributed by atoms with Crippen molar-refractivity contribution in [1.29, 1.82) is 0 Å². The van der Waals surface area contributed by atoms with Crippen LogP contribution in [0.15, 0.2) is 11.0 Å². The molecule has 4 N–H and O–H groups in total. The number of likely N-dealkylation sites (N-methyl/N-ethyl adjacent to an activating group) is 1. The van der Waals surface area contributed by atoms with Gasteiger partial charge < -0.3 is 25.6 Å². The first-order chi connectivity index (χ1) is 10.3. The number of nitrogen functional groups attached to an aromatic ring is 1. The minimum atomic E-state index is -1.13. The molecular weight excluding hydrogens is 292 g/mol. The highest BCUT2D eigenvalue weighted by atomic mass is 16.5. The van der Waals surface area contributed by atoms with Crippen molar-refractivity contribution in [2.24, 2.45) is 0 Å². The van der Waals surface area contributed by atoms with Crippen LogP contribution >= 0.6 is 0 Å². The predicted molar refractivity (Wildman–Crippen MR) is 76.9 cm³/mol. The average Bonchev–Trinajstić information content (AvgIpc) is 2.78. The lowest BCUT2D eigenvalue weighted by molar-refractivity contribution is -0.133. The number of rotatable bonds is 3. The molecule has 2 rings (SSSR count). The van der Waals surface area contributed by atoms with Crippen LogP contribution in [0.25, 0.3) is 0 Å². The zero-order valence-corrected chi connectivity index (χ0v) is 12.6. The monoisotopic (exact) mass is 312 g/mol. The summed E-state index contributed by atoms with van der Waals surface area (Å²) in [6.07, 6.45) is -1.53. The molecule has 1 aromatic heterocycles. The van der Waals surface area contributed by atoms with Gasteiger partial charge in [-0.05, 0) is 6.92 Å². The van der Waals surface area contributed by atoms with E-state index in [-0.39, 0.29) is 11.7 Å². The van der Waals surface area contributed by atoms with E-state index in [2.05, 4.69) is 4.98 Å². The summed E-state index contributed by atoms with van der Waals surface area (Å²) in [7, 11) is 1.49. The Bertz CT molecular complexity index is 631. The Morgan fingerprint density at radius 3 is 2.77 bits per heavy atom. The number of aromatic nitrogens is 2. The van der Waals surface area contributed by atoms with Gasteiger partial charge in [-0.1, -0.05) is 0 Å². The summed E-state index contributed by atoms with van der Waals surface area (Å²) in [5.41, 5.74) is 5.50. The second kappa shape index (κ2) is 6.03. The number of hydrogen-bond donors (Lipinski definition) is 3. The summed E-state index contributed by atoms with van der Waals surface area (Å²) in [6.45, 7) is 2.58. The molecule has 9 heteroatoms. The topological polar surface area (TPSA) is 131 Å². The summed E-state index contributed by atoms with van der Waals surface area (Å²) in [6, 6.07) is -0.822. The lowest BCUT2D eigenvalue weighted by Gasteiger charge is -2.30. The smallest absolute Gasteiger partial charge is 0.351 e. The first-order valence-corrected chi connectivity index (χ1v) is 6.81. The van der Waals surface area contributed by atoms with E-state index >= 15 is 0 Å². The lowest BCUT2D eigenvalue weighted by atomic mass is 10.1. The molecule has 9 nitrogen and oxygen atoms in total. The van der Waals surface area contributed by atoms with Crippen LogP contribution in [-0.4, -0.2) is 62.5 Å². The van der Waals surface area contributed by atoms with Crippen LogP contribution in [0.1, 0.15) is 18.7 Å². The van der Waals surface area contributed by atoms with Crippen molar-refractivity contribution in [3.63, 3.8) is 0 Å². The second-order valence-electron chi connectivity index (χ2n) is 5.36. The van der Waals surface area contributed by atoms with Crippen molar-refractivity contribution in [3.05, 3.63) is 22.2 Å². The molecule has 1 aromatic rings. The molecule has 1 fully saturated rings. The molecule has 0 spiro atoms. The first-order valence-electron chi connectivity index (χ1n) is 6.81. The van der Waals surface area contributed by atoms with E-state index in [9.17, 15) is 19.8 Å². The Kier molecular flexibility index (Phi) is 4.50. The zero-order chi connectivity index (χ0) is 16.6. The normalized spacial score (nSPS) is 27.9. The van der Waals surface area contributed by atoms with Crippen LogP contribution in [0, 0.1) is 6.92 Å². The maximum Gasteiger partial charge on any atom is 0.351 e. The number of hydrogen-bond acceptors (Lipinski definition) is 7. The first kappa shape index (κ1) is 16.4. The highest BCUT2D eigenvalue weighted by Gasteiger charge is 2.47. The number of anilines is 1. The van der Waals surface area contributed by atoms with Crippen LogP contribution in [0.2, 0.25) is 0 Å². The number of ether oxygens (including phenoxy) is 1. The van der Waals surface area contributed by atoms with Crippen molar-refractivity contribution < 1.29 is 19.7 Å². The van der Waals surface area contributed by atoms with Gasteiger partial charge in [0.15, 0.2) is 6.23 Å². The Hall–Kier alpha value is -1.97. The Morgan fingerprint density at radius 1 is 1.59 bits per heavy atom. The summed E-state index contributed by atoms with van der Waals surface area (Å²) in [4.78, 5) is 28.7. The van der Waals surface area contributed by atoms with E-state index in [4.69, 9.17) is 10.5 Å². The molecule has 22 heavy (non-hydrogen) atoms. The van der Waals surface area contributed by atoms with E-state index in [1.54, 1.807) is 6.92 Å². The molecule has 0 saturated carbocycles. The van der Waals surface area contributed by atoms with Gasteiger partial charge in [0, 0.05) is 25.7 Å². The number of amides is 1. The van der Waals surface area contributed by atoms with Gasteiger partial charge in [0.25, 0.3) is 0 Å². The minimum Gasteiger partial charge on any atom is -0.394 e. The molecule has 0 bridgehead atoms. The average molecular weight is 312 g/mol. The molecule has 0 aromatic carbocycles. The Morgan fingerprint density at radius 2 is 2.23 bits per heavy atom. The summed E-state index contributed by atoms with van der Waals surface area (Å²) >= 11 is 0. The van der Waals surface area contributed by atoms with Crippen molar-refractivity contribution in [2.45, 2.75) is 38.3 Å². The number of carbonyl (C=O) groups excluding carboxylic acids is 1. The number of carbonyl (C=O) groups is 1. The molecule has 4 atom stereocenters. The largest absolute Gasteiger partial charge is 0.394 e. The highest BCUT2D eigenvalue weighted by Crippen LogP contribution is 2.32. The third kappa shape index (κ3) is 2.70. The number of nitrogens with zero attached hydrogens (tertiary/aromatic N) is 3. The number of aliphatic hydroxyl groups excluding tert-OH is 2. The van der Waals surface area contributed by atoms with E-state index in [1.807, 2.05) is 0 Å². The lowest BCUT2D eigenvalue weighted by Crippen LogP contribution is -2.48. The van der Waals surface area contributed by atoms with Crippen LogP contribution < -0.4 is 11.4 Å². The molecule has 1 saturated heterocycles. The summed E-state index contributed by atoms with van der Waals surface area (Å²) < 4.78 is 6.73. The fourth-order valence-electron chi connectivity index (χ4n) is 2.50. The molecule has 3 unspecified atom stereocenters. The van der Waals surface area contributed by atoms with Gasteiger partial charge in [-0.3, -0.25) is 9.36 Å². The predicted octanol–water partition coefficient (Wildman–Crippen LogP) is -1.77. The van der Waals surface area contributed by atoms with Gasteiger partial charge >= 0.3 is 5.69 Å². The van der Waals surface area contributed by atoms with E-state index < -0.39 is 36.8 Å². The van der Waals surface area contributed by atoms with Gasteiger partial charge in [0.05, 0.1) is 6.61 Å². The third-order valence-corrected chi connectivity index (χ3v) is 3.91. The Labute approximate surface area is 126 Å². The molecule has 2 heterocycles. The standard InChI is InChI=1S/C13H20N4O5/c1-6-4-17(13(21)15-11(6)14)12-9(16(3)7(2)19)10(20)8(5-18)22-12/h4,8-10,12,18,20H,5H2,1-3H3,(H2,14,15,21)/t8?,9?,10?,12-/m1/s1. The SMILES string of the molecule is CC(=O)N(C)C1C(O)C(CO)O[C@H]1n1cc(C)c(N)nc1=O. The molecular formula is C13H20N4O5. The van der Waals surface area contributed by atoms with Crippen molar-refractivity contribution in [3.8, 4) is 0 Å². The maximum absolute atomic E-state index is 12.1. The van der Waals surface area contributed by atoms with Gasteiger partial charge in [-0.2, -0.15) is 4.98 Å². The van der Waals surface area contributed by atoms with Gasteiger partial charge in [-0.25, -0.2) is 4.79 Å². The van der Waals surface area contributed by atoms with Gasteiger partial charge in [0.1, 0.15) is 24.1 Å². The fourth-order valence-corrected chi connectivity index (χ4v) is 2.50. The third-order valence-electron chi connectivity index (χ3n) is 3.91. The molecule has 0 radical (unpaired) electrons. The van der Waals surface area contributed by atoms with E-state index in [0.717, 1.165) is 0 Å². The van der Waals surface area contributed by atoms with E-state index in [0.29, 0.717) is 5.56 Å². The fraction of sp³-hybridized carbons (Fsp3) is 0.615. The molecule has 1 aliphatic heterocycles. The Balaban J connectivity index is 2.49. The van der Waals surface area contributed by atoms with Crippen LogP contribution in [0.4, 0.5) is 5.82 Å². The highest BCUT2D eigenvalue weighted by molar-refractivity contribution is 5.73. The zero-order valence-electron chi connectivity index (χ0n) is 12.6. The van der Waals surface area contributed by atoms with Crippen molar-refractivity contribution in [2.75, 3.05) is 19.4 Å². The summed E-state index contributed by atoms with van der Waals surface area (Å²) in [5.74, 6) is -0.195. The molecule has 1 amide bonds. The molecule has 122 valence electrons. The van der Waals surface area contributed by atoms with Gasteiger partial charge in [-0.15, -0.1) is 0 Å². The van der Waals surface area contributed by atoms with Crippen LogP contribution in [-0.2, 0) is 9.53 Å².